The summed E-state index contributed by atoms with van der Waals surface area (Å²) in [5.74, 6) is 1.70. The van der Waals surface area contributed by atoms with Crippen LogP contribution in [0.15, 0.2) is 12.1 Å². The largest absolute Gasteiger partial charge is 0.486 e. The Balaban J connectivity index is 2.00. The van der Waals surface area contributed by atoms with Crippen molar-refractivity contribution in [2.75, 3.05) is 13.2 Å². The molecule has 1 unspecified atom stereocenters. The molecule has 0 aromatic heterocycles. The van der Waals surface area contributed by atoms with Crippen molar-refractivity contribution in [3.05, 3.63) is 23.3 Å². The number of hydrogen-bond acceptors (Lipinski definition) is 3. The molecule has 3 heteroatoms. The van der Waals surface area contributed by atoms with Gasteiger partial charge in [-0.3, -0.25) is 0 Å². The number of rotatable bonds is 1. The van der Waals surface area contributed by atoms with E-state index in [4.69, 9.17) is 14.2 Å². The molecule has 1 atom stereocenters. The second-order valence-corrected chi connectivity index (χ2v) is 4.95. The molecule has 0 spiro atoms. The van der Waals surface area contributed by atoms with Gasteiger partial charge in [-0.25, -0.2) is 0 Å². The van der Waals surface area contributed by atoms with E-state index < -0.39 is 0 Å². The fourth-order valence-corrected chi connectivity index (χ4v) is 2.20. The van der Waals surface area contributed by atoms with Crippen molar-refractivity contribution in [2.45, 2.75) is 32.5 Å². The molecule has 86 valence electrons. The molecule has 16 heavy (non-hydrogen) atoms. The van der Waals surface area contributed by atoms with Gasteiger partial charge in [0.25, 0.3) is 0 Å². The Labute approximate surface area is 95.3 Å². The third kappa shape index (κ3) is 1.47. The first-order chi connectivity index (χ1) is 7.58. The lowest BCUT2D eigenvalue weighted by atomic mass is 9.98. The Kier molecular flexibility index (Phi) is 1.96. The molecule has 3 rings (SSSR count). The van der Waals surface area contributed by atoms with Crippen molar-refractivity contribution in [2.24, 2.45) is 0 Å². The van der Waals surface area contributed by atoms with E-state index in [2.05, 4.69) is 26.8 Å². The highest BCUT2D eigenvalue weighted by Gasteiger charge is 2.49. The number of epoxide rings is 1. The first-order valence-electron chi connectivity index (χ1n) is 5.66. The summed E-state index contributed by atoms with van der Waals surface area (Å²) in [6, 6.07) is 4.10. The van der Waals surface area contributed by atoms with Crippen LogP contribution in [0.25, 0.3) is 0 Å². The van der Waals surface area contributed by atoms with Gasteiger partial charge in [-0.1, -0.05) is 0 Å². The number of hydrogen-bond donors (Lipinski definition) is 0. The minimum atomic E-state index is -0.0332. The summed E-state index contributed by atoms with van der Waals surface area (Å²) >= 11 is 0. The zero-order valence-electron chi connectivity index (χ0n) is 9.87. The fourth-order valence-electron chi connectivity index (χ4n) is 2.20. The third-order valence-corrected chi connectivity index (χ3v) is 3.21. The number of benzene rings is 1. The molecule has 1 fully saturated rings. The van der Waals surface area contributed by atoms with Crippen LogP contribution in [0, 0.1) is 6.92 Å². The molecule has 1 aromatic carbocycles. The fraction of sp³-hybridized carbons (Fsp3) is 0.538. The Morgan fingerprint density at radius 2 is 1.69 bits per heavy atom. The van der Waals surface area contributed by atoms with Crippen molar-refractivity contribution < 1.29 is 14.2 Å². The van der Waals surface area contributed by atoms with Crippen LogP contribution < -0.4 is 9.47 Å². The molecule has 0 N–H and O–H groups in total. The van der Waals surface area contributed by atoms with Crippen LogP contribution in [0.4, 0.5) is 0 Å². The first kappa shape index (κ1) is 9.97. The lowest BCUT2D eigenvalue weighted by Crippen LogP contribution is -2.16. The van der Waals surface area contributed by atoms with E-state index in [-0.39, 0.29) is 11.7 Å². The maximum absolute atomic E-state index is 5.67. The van der Waals surface area contributed by atoms with Crippen molar-refractivity contribution >= 4 is 0 Å². The van der Waals surface area contributed by atoms with Gasteiger partial charge in [0.15, 0.2) is 11.5 Å². The van der Waals surface area contributed by atoms with E-state index in [1.165, 1.54) is 11.1 Å². The van der Waals surface area contributed by atoms with E-state index in [1.807, 2.05) is 6.07 Å². The van der Waals surface area contributed by atoms with Crippen LogP contribution in [-0.2, 0) is 4.74 Å². The van der Waals surface area contributed by atoms with E-state index >= 15 is 0 Å². The molecule has 3 nitrogen and oxygen atoms in total. The quantitative estimate of drug-likeness (QED) is 0.682. The normalized spacial score (nSPS) is 25.3. The van der Waals surface area contributed by atoms with Gasteiger partial charge in [0.05, 0.1) is 5.60 Å². The molecular formula is C13H16O3. The molecule has 0 aliphatic carbocycles. The average molecular weight is 220 g/mol. The number of fused-ring (bicyclic) bond motifs is 1. The molecule has 1 aromatic rings. The molecular weight excluding hydrogens is 204 g/mol. The monoisotopic (exact) mass is 220 g/mol. The van der Waals surface area contributed by atoms with E-state index in [9.17, 15) is 0 Å². The van der Waals surface area contributed by atoms with Crippen molar-refractivity contribution in [3.8, 4) is 11.5 Å². The molecule has 1 saturated heterocycles. The summed E-state index contributed by atoms with van der Waals surface area (Å²) in [4.78, 5) is 0. The lowest BCUT2D eigenvalue weighted by molar-refractivity contribution is 0.171. The lowest BCUT2D eigenvalue weighted by Gasteiger charge is -2.20. The van der Waals surface area contributed by atoms with Crippen LogP contribution in [0.1, 0.15) is 31.1 Å². The molecule has 0 saturated carbocycles. The molecule has 0 radical (unpaired) electrons. The molecule has 2 aliphatic heterocycles. The standard InChI is InChI=1S/C13H16O3/c1-8-6-10-11(15-5-4-14-10)7-9(8)12-13(2,3)16-12/h6-7,12H,4-5H2,1-3H3. The minimum Gasteiger partial charge on any atom is -0.486 e. The topological polar surface area (TPSA) is 31.0 Å². The average Bonchev–Trinajstić information content (AvgIpc) is 2.86. The van der Waals surface area contributed by atoms with Gasteiger partial charge in [0.2, 0.25) is 0 Å². The molecule has 0 bridgehead atoms. The van der Waals surface area contributed by atoms with Gasteiger partial charge in [-0.15, -0.1) is 0 Å². The highest BCUT2D eigenvalue weighted by atomic mass is 16.6. The smallest absolute Gasteiger partial charge is 0.161 e. The molecule has 2 heterocycles. The minimum absolute atomic E-state index is 0.0332. The van der Waals surface area contributed by atoms with Crippen molar-refractivity contribution in [1.82, 2.24) is 0 Å². The van der Waals surface area contributed by atoms with Crippen LogP contribution in [0.5, 0.6) is 11.5 Å². The van der Waals surface area contributed by atoms with Gasteiger partial charge in [-0.05, 0) is 44.0 Å². The summed E-state index contributed by atoms with van der Waals surface area (Å²) in [7, 11) is 0. The molecule has 0 amide bonds. The summed E-state index contributed by atoms with van der Waals surface area (Å²) in [6.07, 6.45) is 0.198. The third-order valence-electron chi connectivity index (χ3n) is 3.21. The van der Waals surface area contributed by atoms with Crippen molar-refractivity contribution in [1.29, 1.82) is 0 Å². The van der Waals surface area contributed by atoms with Gasteiger partial charge >= 0.3 is 0 Å². The summed E-state index contributed by atoms with van der Waals surface area (Å²) < 4.78 is 16.8. The van der Waals surface area contributed by atoms with Gasteiger partial charge in [0.1, 0.15) is 19.3 Å². The second kappa shape index (κ2) is 3.14. The Bertz CT molecular complexity index is 437. The number of aryl methyl sites for hydroxylation is 1. The maximum Gasteiger partial charge on any atom is 0.161 e. The highest BCUT2D eigenvalue weighted by molar-refractivity contribution is 5.49. The first-order valence-corrected chi connectivity index (χ1v) is 5.66. The second-order valence-electron chi connectivity index (χ2n) is 4.95. The Morgan fingerprint density at radius 3 is 2.25 bits per heavy atom. The van der Waals surface area contributed by atoms with Crippen LogP contribution in [-0.4, -0.2) is 18.8 Å². The number of ether oxygens (including phenoxy) is 3. The van der Waals surface area contributed by atoms with Gasteiger partial charge in [0, 0.05) is 0 Å². The van der Waals surface area contributed by atoms with E-state index in [0.29, 0.717) is 13.2 Å². The summed E-state index contributed by atoms with van der Waals surface area (Å²) in [6.45, 7) is 7.56. The Hall–Kier alpha value is -1.22. The van der Waals surface area contributed by atoms with Crippen molar-refractivity contribution in [3.63, 3.8) is 0 Å². The molecule has 2 aliphatic rings. The Morgan fingerprint density at radius 1 is 1.12 bits per heavy atom. The zero-order valence-corrected chi connectivity index (χ0v) is 9.87. The van der Waals surface area contributed by atoms with Gasteiger partial charge in [-0.2, -0.15) is 0 Å². The predicted octanol–water partition coefficient (Wildman–Crippen LogP) is 2.62. The predicted molar refractivity (Wildman–Crippen MR) is 60.1 cm³/mol. The van der Waals surface area contributed by atoms with E-state index in [0.717, 1.165) is 11.5 Å². The summed E-state index contributed by atoms with van der Waals surface area (Å²) in [5.41, 5.74) is 2.39. The maximum atomic E-state index is 5.67. The van der Waals surface area contributed by atoms with Gasteiger partial charge < -0.3 is 14.2 Å². The van der Waals surface area contributed by atoms with Crippen LogP contribution in [0.3, 0.4) is 0 Å². The van der Waals surface area contributed by atoms with E-state index in [1.54, 1.807) is 0 Å². The van der Waals surface area contributed by atoms with Crippen LogP contribution in [0.2, 0.25) is 0 Å². The highest BCUT2D eigenvalue weighted by Crippen LogP contribution is 2.51. The SMILES string of the molecule is Cc1cc2c(cc1C1OC1(C)C)OCCO2. The van der Waals surface area contributed by atoms with Crippen LogP contribution >= 0.6 is 0 Å². The zero-order chi connectivity index (χ0) is 11.3. The summed E-state index contributed by atoms with van der Waals surface area (Å²) in [5, 5.41) is 0.